The van der Waals surface area contributed by atoms with E-state index in [1.807, 2.05) is 37.3 Å². The highest BCUT2D eigenvalue weighted by Gasteiger charge is 2.51. The van der Waals surface area contributed by atoms with E-state index in [-0.39, 0.29) is 63.0 Å². The van der Waals surface area contributed by atoms with Crippen LogP contribution in [-0.2, 0) is 46.1 Å². The second-order valence-corrected chi connectivity index (χ2v) is 14.2. The van der Waals surface area contributed by atoms with Crippen LogP contribution in [0, 0.1) is 6.92 Å². The number of rotatable bonds is 20. The van der Waals surface area contributed by atoms with Crippen LogP contribution in [0.15, 0.2) is 89.8 Å². The number of unbranched alkanes of at least 4 members (excludes halogenated alkanes) is 2. The van der Waals surface area contributed by atoms with Gasteiger partial charge in [0.1, 0.15) is 18.4 Å². The molecule has 14 heteroatoms. The highest BCUT2D eigenvalue weighted by molar-refractivity contribution is 7.89. The number of aryl methyl sites for hydroxylation is 1. The van der Waals surface area contributed by atoms with E-state index in [0.29, 0.717) is 23.2 Å². The molecule has 3 aromatic rings. The Morgan fingerprint density at radius 2 is 1.43 bits per heavy atom. The average molecular weight is 722 g/mol. The number of alkyl carbamates (subject to hydrolysis) is 1. The lowest BCUT2D eigenvalue weighted by Gasteiger charge is -2.42. The second-order valence-electron chi connectivity index (χ2n) is 12.4. The summed E-state index contributed by atoms with van der Waals surface area (Å²) in [5, 5.41) is 2.65. The monoisotopic (exact) mass is 721 g/mol. The number of benzene rings is 3. The maximum Gasteiger partial charge on any atom is 0.407 e. The average Bonchev–Trinajstić information content (AvgIpc) is 3.13. The molecule has 0 radical (unpaired) electrons. The number of carbonyl (C=O) groups excluding carboxylic acids is 5. The van der Waals surface area contributed by atoms with Gasteiger partial charge in [0, 0.05) is 13.1 Å². The molecule has 0 fully saturated rings. The summed E-state index contributed by atoms with van der Waals surface area (Å²) in [6.45, 7) is 3.46. The molecule has 3 rings (SSSR count). The molecule has 3 amide bonds. The lowest BCUT2D eigenvalue weighted by Crippen LogP contribution is -2.66. The van der Waals surface area contributed by atoms with Crippen LogP contribution in [0.1, 0.15) is 62.1 Å². The van der Waals surface area contributed by atoms with Crippen LogP contribution in [0.3, 0.4) is 0 Å². The first-order valence-electron chi connectivity index (χ1n) is 16.7. The van der Waals surface area contributed by atoms with Gasteiger partial charge in [-0.15, -0.1) is 0 Å². The molecule has 0 aliphatic carbocycles. The summed E-state index contributed by atoms with van der Waals surface area (Å²) in [6.07, 6.45) is 0.707. The van der Waals surface area contributed by atoms with E-state index in [1.54, 1.807) is 42.5 Å². The molecule has 3 atom stereocenters. The molecule has 0 spiro atoms. The molecule has 0 aromatic heterocycles. The zero-order chi connectivity index (χ0) is 37.5. The van der Waals surface area contributed by atoms with Crippen LogP contribution in [0.2, 0.25) is 0 Å². The maximum absolute atomic E-state index is 14.3. The number of nitrogens with two attached hydrogens (primary N) is 2. The van der Waals surface area contributed by atoms with Gasteiger partial charge >= 0.3 is 6.09 Å². The Morgan fingerprint density at radius 3 is 2.02 bits per heavy atom. The minimum absolute atomic E-state index is 0.00204. The van der Waals surface area contributed by atoms with Crippen molar-refractivity contribution in [1.29, 1.82) is 0 Å². The van der Waals surface area contributed by atoms with Crippen LogP contribution >= 0.6 is 0 Å². The van der Waals surface area contributed by atoms with Crippen molar-refractivity contribution in [2.75, 3.05) is 13.1 Å². The molecule has 13 nitrogen and oxygen atoms in total. The van der Waals surface area contributed by atoms with E-state index in [1.165, 1.54) is 19.1 Å². The molecule has 0 heterocycles. The first-order chi connectivity index (χ1) is 24.3. The fourth-order valence-corrected chi connectivity index (χ4v) is 6.51. The number of nitrogens with one attached hydrogen (secondary N) is 2. The fourth-order valence-electron chi connectivity index (χ4n) is 5.43. The Hall–Kier alpha value is -4.76. The number of aldehydes is 2. The number of nitrogens with zero attached hydrogens (tertiary/aromatic N) is 1. The second kappa shape index (κ2) is 19.0. The summed E-state index contributed by atoms with van der Waals surface area (Å²) in [4.78, 5) is 66.7. The van der Waals surface area contributed by atoms with Crippen molar-refractivity contribution < 1.29 is 37.1 Å². The topological polar surface area (TPSA) is 208 Å². The molecule has 51 heavy (non-hydrogen) atoms. The van der Waals surface area contributed by atoms with Crippen molar-refractivity contribution in [3.05, 3.63) is 102 Å². The van der Waals surface area contributed by atoms with Gasteiger partial charge in [-0.1, -0.05) is 78.4 Å². The van der Waals surface area contributed by atoms with E-state index in [4.69, 9.17) is 16.2 Å². The molecular formula is C37H47N5O8S. The van der Waals surface area contributed by atoms with Gasteiger partial charge in [0.25, 0.3) is 5.91 Å². The van der Waals surface area contributed by atoms with Gasteiger partial charge in [0.15, 0.2) is 11.8 Å². The minimum Gasteiger partial charge on any atom is -0.445 e. The Morgan fingerprint density at radius 1 is 0.843 bits per heavy atom. The molecule has 0 saturated carbocycles. The van der Waals surface area contributed by atoms with Crippen LogP contribution in [0.5, 0.6) is 0 Å². The van der Waals surface area contributed by atoms with Crippen LogP contribution < -0.4 is 21.5 Å². The smallest absolute Gasteiger partial charge is 0.407 e. The van der Waals surface area contributed by atoms with Crippen LogP contribution in [-0.4, -0.2) is 68.5 Å². The molecular weight excluding hydrogens is 675 g/mol. The van der Waals surface area contributed by atoms with Gasteiger partial charge in [0.05, 0.1) is 10.9 Å². The number of hydrogen-bond donors (Lipinski definition) is 4. The SMILES string of the molecule is Cc1ccc(S(=O)(=O)NCCCC[C@](N)(C=O)C(=O)N(C(=O)[C@H](C)N)[C@](C=O)(CCCCNC(=O)OCc2ccccc2)c2ccccc2)cc1. The van der Waals surface area contributed by atoms with Crippen LogP contribution in [0.4, 0.5) is 4.79 Å². The molecule has 0 saturated heterocycles. The van der Waals surface area contributed by atoms with E-state index in [9.17, 15) is 32.4 Å². The van der Waals surface area contributed by atoms with Gasteiger partial charge in [-0.2, -0.15) is 0 Å². The fraction of sp³-hybridized carbons (Fsp3) is 0.378. The number of carbonyl (C=O) groups is 5. The predicted molar refractivity (Wildman–Crippen MR) is 191 cm³/mol. The molecule has 0 unspecified atom stereocenters. The molecule has 6 N–H and O–H groups in total. The summed E-state index contributed by atoms with van der Waals surface area (Å²) >= 11 is 0. The summed E-state index contributed by atoms with van der Waals surface area (Å²) in [5.74, 6) is -2.03. The number of imide groups is 1. The van der Waals surface area contributed by atoms with Crippen LogP contribution in [0.25, 0.3) is 0 Å². The van der Waals surface area contributed by atoms with Crippen molar-refractivity contribution in [2.45, 2.75) is 81.0 Å². The van der Waals surface area contributed by atoms with E-state index >= 15 is 0 Å². The third kappa shape index (κ3) is 11.1. The first kappa shape index (κ1) is 40.7. The summed E-state index contributed by atoms with van der Waals surface area (Å²) in [7, 11) is -3.79. The third-order valence-corrected chi connectivity index (χ3v) is 9.87. The number of ether oxygens (including phenoxy) is 1. The molecule has 0 aliphatic rings. The van der Waals surface area contributed by atoms with Crippen molar-refractivity contribution in [3.8, 4) is 0 Å². The minimum atomic E-state index is -3.79. The van der Waals surface area contributed by atoms with Crippen molar-refractivity contribution in [3.63, 3.8) is 0 Å². The van der Waals surface area contributed by atoms with Gasteiger partial charge in [0.2, 0.25) is 15.9 Å². The van der Waals surface area contributed by atoms with Crippen molar-refractivity contribution >= 4 is 40.5 Å². The highest BCUT2D eigenvalue weighted by atomic mass is 32.2. The summed E-state index contributed by atoms with van der Waals surface area (Å²) in [5.41, 5.74) is 10.3. The lowest BCUT2D eigenvalue weighted by atomic mass is 9.81. The quantitative estimate of drug-likeness (QED) is 0.0761. The Balaban J connectivity index is 1.74. The molecule has 274 valence electrons. The third-order valence-electron chi connectivity index (χ3n) is 8.40. The Kier molecular flexibility index (Phi) is 15.2. The van der Waals surface area contributed by atoms with Gasteiger partial charge < -0.3 is 31.1 Å². The maximum atomic E-state index is 14.3. The lowest BCUT2D eigenvalue weighted by molar-refractivity contribution is -0.161. The first-order valence-corrected chi connectivity index (χ1v) is 18.2. The molecule has 3 aromatic carbocycles. The van der Waals surface area contributed by atoms with E-state index in [0.717, 1.165) is 11.1 Å². The number of hydrogen-bond acceptors (Lipinski definition) is 10. The highest BCUT2D eigenvalue weighted by Crippen LogP contribution is 2.35. The van der Waals surface area contributed by atoms with Gasteiger partial charge in [-0.25, -0.2) is 17.9 Å². The summed E-state index contributed by atoms with van der Waals surface area (Å²) < 4.78 is 33.0. The zero-order valence-electron chi connectivity index (χ0n) is 29.0. The number of sulfonamides is 1. The molecule has 0 bridgehead atoms. The largest absolute Gasteiger partial charge is 0.445 e. The zero-order valence-corrected chi connectivity index (χ0v) is 29.8. The van der Waals surface area contributed by atoms with Gasteiger partial charge in [-0.05, 0) is 75.6 Å². The normalized spacial score (nSPS) is 14.3. The molecule has 0 aliphatic heterocycles. The van der Waals surface area contributed by atoms with Crippen molar-refractivity contribution in [1.82, 2.24) is 14.9 Å². The van der Waals surface area contributed by atoms with Crippen molar-refractivity contribution in [2.24, 2.45) is 11.5 Å². The standard InChI is InChI=1S/C37H47N5O8S/c1-28-17-19-32(20-18-28)51(48,49)41-24-12-9-21-36(39,26-43)34(46)42(33(45)29(2)38)37(27-44,31-15-7-4-8-16-31)22-10-11-23-40-35(47)50-25-30-13-5-3-6-14-30/h3-8,13-20,26-27,29,41H,9-12,21-25,38-39H2,1-2H3,(H,40,47)/t29-,36-,37-/m0/s1. The Bertz CT molecular complexity index is 1720. The summed E-state index contributed by atoms with van der Waals surface area (Å²) in [6, 6.07) is 22.4. The van der Waals surface area contributed by atoms with E-state index in [2.05, 4.69) is 10.0 Å². The van der Waals surface area contributed by atoms with Gasteiger partial charge in [-0.3, -0.25) is 14.5 Å². The van der Waals surface area contributed by atoms with E-state index < -0.39 is 45.1 Å². The predicted octanol–water partition coefficient (Wildman–Crippen LogP) is 3.23. The number of amides is 3. The Labute approximate surface area is 299 Å².